The lowest BCUT2D eigenvalue weighted by molar-refractivity contribution is -0.148. The zero-order valence-corrected chi connectivity index (χ0v) is 8.77. The second kappa shape index (κ2) is 5.36. The normalized spacial score (nSPS) is 12.1. The van der Waals surface area contributed by atoms with E-state index in [-0.39, 0.29) is 0 Å². The number of carboxylic acid groups (broad SMARTS) is 1. The molecule has 0 spiro atoms. The zero-order valence-electron chi connectivity index (χ0n) is 8.77. The van der Waals surface area contributed by atoms with Crippen molar-refractivity contribution in [2.24, 2.45) is 0 Å². The van der Waals surface area contributed by atoms with Gasteiger partial charge in [-0.05, 0) is 17.7 Å². The zero-order chi connectivity index (χ0) is 11.3. The first-order valence-corrected chi connectivity index (χ1v) is 4.56. The summed E-state index contributed by atoms with van der Waals surface area (Å²) in [5.41, 5.74) is 0.907. The number of hydrogen-bond acceptors (Lipinski definition) is 3. The number of rotatable bonds is 5. The summed E-state index contributed by atoms with van der Waals surface area (Å²) in [6.07, 6.45) is -0.436. The summed E-state index contributed by atoms with van der Waals surface area (Å²) < 4.78 is 9.84. The number of ether oxygens (including phenoxy) is 2. The van der Waals surface area contributed by atoms with Crippen LogP contribution in [0, 0.1) is 0 Å². The molecule has 0 aliphatic rings. The minimum Gasteiger partial charge on any atom is -0.497 e. The Labute approximate surface area is 88.4 Å². The summed E-state index contributed by atoms with van der Waals surface area (Å²) in [5, 5.41) is 8.79. The van der Waals surface area contributed by atoms with Crippen LogP contribution in [-0.2, 0) is 16.0 Å². The molecule has 0 aliphatic carbocycles. The average molecular weight is 210 g/mol. The van der Waals surface area contributed by atoms with E-state index in [0.29, 0.717) is 6.42 Å². The highest BCUT2D eigenvalue weighted by molar-refractivity contribution is 5.72. The van der Waals surface area contributed by atoms with Crippen LogP contribution in [0.2, 0.25) is 0 Å². The average Bonchev–Trinajstić information content (AvgIpc) is 2.26. The Hall–Kier alpha value is -1.55. The molecule has 15 heavy (non-hydrogen) atoms. The van der Waals surface area contributed by atoms with E-state index in [1.807, 2.05) is 12.1 Å². The summed E-state index contributed by atoms with van der Waals surface area (Å²) in [5.74, 6) is -0.198. The lowest BCUT2D eigenvalue weighted by Crippen LogP contribution is -2.24. The van der Waals surface area contributed by atoms with Crippen molar-refractivity contribution < 1.29 is 19.4 Å². The van der Waals surface area contributed by atoms with E-state index in [9.17, 15) is 4.79 Å². The Kier molecular flexibility index (Phi) is 4.12. The fourth-order valence-corrected chi connectivity index (χ4v) is 1.25. The van der Waals surface area contributed by atoms with Gasteiger partial charge in [0.15, 0.2) is 6.10 Å². The van der Waals surface area contributed by atoms with Gasteiger partial charge in [-0.3, -0.25) is 0 Å². The summed E-state index contributed by atoms with van der Waals surface area (Å²) >= 11 is 0. The molecular formula is C11H14O4. The minimum atomic E-state index is -0.951. The van der Waals surface area contributed by atoms with Crippen molar-refractivity contribution in [2.75, 3.05) is 14.2 Å². The maximum absolute atomic E-state index is 10.7. The SMILES string of the molecule is COc1ccc(C[C@H](OC)C(=O)O)cc1. The van der Waals surface area contributed by atoms with Crippen LogP contribution in [0.15, 0.2) is 24.3 Å². The predicted octanol–water partition coefficient (Wildman–Crippen LogP) is 1.34. The first-order chi connectivity index (χ1) is 7.17. The highest BCUT2D eigenvalue weighted by Crippen LogP contribution is 2.13. The molecule has 1 aromatic rings. The van der Waals surface area contributed by atoms with Gasteiger partial charge in [-0.2, -0.15) is 0 Å². The second-order valence-electron chi connectivity index (χ2n) is 3.11. The van der Waals surface area contributed by atoms with Crippen LogP contribution in [0.5, 0.6) is 5.75 Å². The van der Waals surface area contributed by atoms with Crippen LogP contribution in [0.1, 0.15) is 5.56 Å². The van der Waals surface area contributed by atoms with Gasteiger partial charge < -0.3 is 14.6 Å². The van der Waals surface area contributed by atoms with Crippen molar-refractivity contribution >= 4 is 5.97 Å². The van der Waals surface area contributed by atoms with Crippen LogP contribution >= 0.6 is 0 Å². The standard InChI is InChI=1S/C11H14O4/c1-14-9-5-3-8(4-6-9)7-10(15-2)11(12)13/h3-6,10H,7H2,1-2H3,(H,12,13)/t10-/m0/s1. The van der Waals surface area contributed by atoms with Crippen molar-refractivity contribution in [3.05, 3.63) is 29.8 Å². The van der Waals surface area contributed by atoms with Crippen LogP contribution < -0.4 is 4.74 Å². The Morgan fingerprint density at radius 1 is 1.33 bits per heavy atom. The number of aliphatic carboxylic acids is 1. The molecule has 0 amide bonds. The maximum atomic E-state index is 10.7. The van der Waals surface area contributed by atoms with E-state index in [2.05, 4.69) is 0 Å². The number of hydrogen-bond donors (Lipinski definition) is 1. The maximum Gasteiger partial charge on any atom is 0.333 e. The van der Waals surface area contributed by atoms with Gasteiger partial charge in [-0.1, -0.05) is 12.1 Å². The smallest absolute Gasteiger partial charge is 0.333 e. The number of carbonyl (C=O) groups is 1. The topological polar surface area (TPSA) is 55.8 Å². The van der Waals surface area contributed by atoms with E-state index in [1.54, 1.807) is 19.2 Å². The van der Waals surface area contributed by atoms with Crippen molar-refractivity contribution in [3.8, 4) is 5.75 Å². The third-order valence-corrected chi connectivity index (χ3v) is 2.14. The molecule has 0 aromatic heterocycles. The predicted molar refractivity (Wildman–Crippen MR) is 55.1 cm³/mol. The van der Waals surface area contributed by atoms with Gasteiger partial charge >= 0.3 is 5.97 Å². The molecule has 0 aliphatic heterocycles. The molecule has 1 rings (SSSR count). The molecule has 1 aromatic carbocycles. The molecule has 0 radical (unpaired) electrons. The van der Waals surface area contributed by atoms with Crippen LogP contribution in [0.4, 0.5) is 0 Å². The first kappa shape index (κ1) is 11.5. The molecule has 1 N–H and O–H groups in total. The molecule has 1 atom stereocenters. The van der Waals surface area contributed by atoms with Gasteiger partial charge in [0.2, 0.25) is 0 Å². The first-order valence-electron chi connectivity index (χ1n) is 4.56. The van der Waals surface area contributed by atoms with E-state index in [0.717, 1.165) is 11.3 Å². The summed E-state index contributed by atoms with van der Waals surface area (Å²) in [6.45, 7) is 0. The Morgan fingerprint density at radius 3 is 2.33 bits per heavy atom. The number of benzene rings is 1. The molecule has 4 heteroatoms. The molecule has 4 nitrogen and oxygen atoms in total. The van der Waals surface area contributed by atoms with Crippen LogP contribution in [0.25, 0.3) is 0 Å². The Bertz CT molecular complexity index is 318. The minimum absolute atomic E-state index is 0.357. The molecule has 0 unspecified atom stereocenters. The largest absolute Gasteiger partial charge is 0.497 e. The van der Waals surface area contributed by atoms with Gasteiger partial charge in [0.25, 0.3) is 0 Å². The Morgan fingerprint density at radius 2 is 1.93 bits per heavy atom. The lowest BCUT2D eigenvalue weighted by Gasteiger charge is -2.10. The van der Waals surface area contributed by atoms with Gasteiger partial charge in [0.1, 0.15) is 5.75 Å². The molecule has 82 valence electrons. The van der Waals surface area contributed by atoms with E-state index < -0.39 is 12.1 Å². The fourth-order valence-electron chi connectivity index (χ4n) is 1.25. The molecule has 0 saturated heterocycles. The second-order valence-corrected chi connectivity index (χ2v) is 3.11. The van der Waals surface area contributed by atoms with Crippen molar-refractivity contribution in [1.82, 2.24) is 0 Å². The van der Waals surface area contributed by atoms with Crippen LogP contribution in [0.3, 0.4) is 0 Å². The quantitative estimate of drug-likeness (QED) is 0.796. The number of methoxy groups -OCH3 is 2. The molecule has 0 heterocycles. The van der Waals surface area contributed by atoms with Gasteiger partial charge in [0, 0.05) is 13.5 Å². The lowest BCUT2D eigenvalue weighted by atomic mass is 10.1. The van der Waals surface area contributed by atoms with E-state index in [1.165, 1.54) is 7.11 Å². The van der Waals surface area contributed by atoms with Crippen molar-refractivity contribution in [1.29, 1.82) is 0 Å². The van der Waals surface area contributed by atoms with Gasteiger partial charge in [-0.15, -0.1) is 0 Å². The molecule has 0 saturated carbocycles. The van der Waals surface area contributed by atoms with Gasteiger partial charge in [0.05, 0.1) is 7.11 Å². The molecule has 0 fully saturated rings. The van der Waals surface area contributed by atoms with Crippen molar-refractivity contribution in [3.63, 3.8) is 0 Å². The third-order valence-electron chi connectivity index (χ3n) is 2.14. The van der Waals surface area contributed by atoms with Gasteiger partial charge in [-0.25, -0.2) is 4.79 Å². The van der Waals surface area contributed by atoms with Crippen molar-refractivity contribution in [2.45, 2.75) is 12.5 Å². The molecular weight excluding hydrogens is 196 g/mol. The Balaban J connectivity index is 2.67. The monoisotopic (exact) mass is 210 g/mol. The van der Waals surface area contributed by atoms with E-state index in [4.69, 9.17) is 14.6 Å². The van der Waals surface area contributed by atoms with E-state index >= 15 is 0 Å². The highest BCUT2D eigenvalue weighted by atomic mass is 16.5. The fraction of sp³-hybridized carbons (Fsp3) is 0.364. The summed E-state index contributed by atoms with van der Waals surface area (Å²) in [4.78, 5) is 10.7. The van der Waals surface area contributed by atoms with Crippen LogP contribution in [-0.4, -0.2) is 31.4 Å². The highest BCUT2D eigenvalue weighted by Gasteiger charge is 2.16. The third kappa shape index (κ3) is 3.25. The summed E-state index contributed by atoms with van der Waals surface area (Å²) in [7, 11) is 2.98. The summed E-state index contributed by atoms with van der Waals surface area (Å²) in [6, 6.07) is 7.25. The molecule has 0 bridgehead atoms. The number of carboxylic acids is 1.